The Hall–Kier alpha value is -1.67. The van der Waals surface area contributed by atoms with Gasteiger partial charge in [-0.25, -0.2) is 0 Å². The van der Waals surface area contributed by atoms with Gasteiger partial charge in [0.15, 0.2) is 0 Å². The van der Waals surface area contributed by atoms with Crippen molar-refractivity contribution in [1.29, 1.82) is 0 Å². The molecule has 8 nitrogen and oxygen atoms in total. The number of amides is 3. The van der Waals surface area contributed by atoms with Gasteiger partial charge in [-0.15, -0.1) is 0 Å². The number of aliphatic hydroxyl groups excluding tert-OH is 1. The predicted molar refractivity (Wildman–Crippen MR) is 116 cm³/mol. The topological polar surface area (TPSA) is 108 Å². The average molecular weight is 438 g/mol. The Morgan fingerprint density at radius 2 is 1.84 bits per heavy atom. The highest BCUT2D eigenvalue weighted by atomic mass is 16.5. The molecule has 2 unspecified atom stereocenters. The van der Waals surface area contributed by atoms with E-state index in [9.17, 15) is 14.4 Å². The molecule has 0 aromatic rings. The number of hydrogen-bond acceptors (Lipinski definition) is 5. The number of nitrogens with one attached hydrogen (secondary N) is 2. The first-order chi connectivity index (χ1) is 14.6. The lowest BCUT2D eigenvalue weighted by molar-refractivity contribution is -0.148. The Balaban J connectivity index is 1.95. The zero-order valence-corrected chi connectivity index (χ0v) is 19.6. The predicted octanol–water partition coefficient (Wildman–Crippen LogP) is 1.35. The van der Waals surface area contributed by atoms with Crippen molar-refractivity contribution >= 4 is 17.7 Å². The van der Waals surface area contributed by atoms with Crippen molar-refractivity contribution in [3.63, 3.8) is 0 Å². The molecule has 5 atom stereocenters. The van der Waals surface area contributed by atoms with Crippen LogP contribution in [0.1, 0.15) is 72.6 Å². The minimum atomic E-state index is -0.954. The van der Waals surface area contributed by atoms with Gasteiger partial charge in [0.05, 0.1) is 17.4 Å². The van der Waals surface area contributed by atoms with E-state index in [0.717, 1.165) is 25.7 Å². The van der Waals surface area contributed by atoms with Gasteiger partial charge in [0.1, 0.15) is 11.6 Å². The van der Waals surface area contributed by atoms with Crippen LogP contribution in [0.4, 0.5) is 0 Å². The standard InChI is InChI=1S/C23H39N3O5/c1-6-22-11-12-23(31-22)16(15(22)18(28)24-5)20(30)26(13-9-7-8-10-14-27)17(23)19(29)25-21(2,3)4/h15-17,27H,6-14H2,1-5H3,(H,24,28)(H,25,29)/t15-,16+,17?,22+,23?/m1/s1. The summed E-state index contributed by atoms with van der Waals surface area (Å²) in [5.74, 6) is -1.73. The van der Waals surface area contributed by atoms with Crippen molar-refractivity contribution in [1.82, 2.24) is 15.5 Å². The second-order valence-electron chi connectivity index (χ2n) is 10.4. The van der Waals surface area contributed by atoms with Gasteiger partial charge in [0.2, 0.25) is 17.7 Å². The molecule has 2 bridgehead atoms. The van der Waals surface area contributed by atoms with Crippen LogP contribution in [0, 0.1) is 11.8 Å². The van der Waals surface area contributed by atoms with Gasteiger partial charge in [-0.2, -0.15) is 0 Å². The fraction of sp³-hybridized carbons (Fsp3) is 0.870. The molecule has 8 heteroatoms. The van der Waals surface area contributed by atoms with E-state index in [1.165, 1.54) is 0 Å². The van der Waals surface area contributed by atoms with E-state index in [1.54, 1.807) is 11.9 Å². The maximum atomic E-state index is 13.7. The number of hydrogen-bond donors (Lipinski definition) is 3. The number of rotatable bonds is 9. The fourth-order valence-electron chi connectivity index (χ4n) is 6.00. The van der Waals surface area contributed by atoms with E-state index >= 15 is 0 Å². The van der Waals surface area contributed by atoms with Crippen LogP contribution in [0.5, 0.6) is 0 Å². The molecule has 3 N–H and O–H groups in total. The van der Waals surface area contributed by atoms with E-state index in [1.807, 2.05) is 27.7 Å². The molecule has 3 heterocycles. The number of nitrogens with zero attached hydrogens (tertiary/aromatic N) is 1. The summed E-state index contributed by atoms with van der Waals surface area (Å²) in [7, 11) is 1.59. The van der Waals surface area contributed by atoms with Gasteiger partial charge in [-0.1, -0.05) is 19.8 Å². The van der Waals surface area contributed by atoms with Crippen molar-refractivity contribution in [2.24, 2.45) is 11.8 Å². The number of likely N-dealkylation sites (tertiary alicyclic amines) is 1. The van der Waals surface area contributed by atoms with Crippen LogP contribution in [-0.2, 0) is 19.1 Å². The van der Waals surface area contributed by atoms with Gasteiger partial charge in [-0.05, 0) is 52.9 Å². The third-order valence-electron chi connectivity index (χ3n) is 7.26. The fourth-order valence-corrected chi connectivity index (χ4v) is 6.00. The van der Waals surface area contributed by atoms with Crippen LogP contribution in [0.2, 0.25) is 0 Å². The molecule has 1 spiro atoms. The van der Waals surface area contributed by atoms with Crippen LogP contribution >= 0.6 is 0 Å². The zero-order valence-electron chi connectivity index (χ0n) is 19.6. The Kier molecular flexibility index (Phi) is 6.73. The van der Waals surface area contributed by atoms with Crippen LogP contribution in [0.25, 0.3) is 0 Å². The molecular weight excluding hydrogens is 398 g/mol. The normalized spacial score (nSPS) is 34.2. The number of aliphatic hydroxyl groups is 1. The first kappa shape index (κ1) is 24.0. The van der Waals surface area contributed by atoms with Crippen LogP contribution in [0.15, 0.2) is 0 Å². The maximum absolute atomic E-state index is 13.7. The highest BCUT2D eigenvalue weighted by Crippen LogP contribution is 2.64. The van der Waals surface area contributed by atoms with Crippen molar-refractivity contribution in [3.8, 4) is 0 Å². The molecule has 176 valence electrons. The highest BCUT2D eigenvalue weighted by Gasteiger charge is 2.78. The monoisotopic (exact) mass is 437 g/mol. The maximum Gasteiger partial charge on any atom is 0.246 e. The molecule has 0 aromatic heterocycles. The molecule has 31 heavy (non-hydrogen) atoms. The van der Waals surface area contributed by atoms with E-state index in [2.05, 4.69) is 10.6 Å². The summed E-state index contributed by atoms with van der Waals surface area (Å²) >= 11 is 0. The number of carbonyl (C=O) groups excluding carboxylic acids is 3. The lowest BCUT2D eigenvalue weighted by atomic mass is 9.65. The minimum Gasteiger partial charge on any atom is -0.396 e. The first-order valence-electron chi connectivity index (χ1n) is 11.7. The van der Waals surface area contributed by atoms with E-state index < -0.39 is 34.6 Å². The van der Waals surface area contributed by atoms with Gasteiger partial charge >= 0.3 is 0 Å². The minimum absolute atomic E-state index is 0.139. The van der Waals surface area contributed by atoms with Crippen molar-refractivity contribution in [2.75, 3.05) is 20.2 Å². The second kappa shape index (κ2) is 8.70. The number of unbranched alkanes of at least 4 members (excludes halogenated alkanes) is 3. The lowest BCUT2D eigenvalue weighted by Gasteiger charge is -2.35. The summed E-state index contributed by atoms with van der Waals surface area (Å²) in [6.45, 7) is 8.36. The van der Waals surface area contributed by atoms with Crippen LogP contribution < -0.4 is 10.6 Å². The molecule has 0 radical (unpaired) electrons. The summed E-state index contributed by atoms with van der Waals surface area (Å²) in [6, 6.07) is -0.731. The molecule has 3 fully saturated rings. The smallest absolute Gasteiger partial charge is 0.246 e. The van der Waals surface area contributed by atoms with E-state index in [0.29, 0.717) is 25.8 Å². The highest BCUT2D eigenvalue weighted by molar-refractivity contribution is 5.99. The molecule has 0 aliphatic carbocycles. The lowest BCUT2D eigenvalue weighted by Crippen LogP contribution is -2.58. The third kappa shape index (κ3) is 3.97. The molecule has 3 aliphatic rings. The van der Waals surface area contributed by atoms with Crippen LogP contribution in [-0.4, -0.2) is 70.7 Å². The van der Waals surface area contributed by atoms with Crippen molar-refractivity contribution < 1.29 is 24.2 Å². The first-order valence-corrected chi connectivity index (χ1v) is 11.7. The molecular formula is C23H39N3O5. The average Bonchev–Trinajstić information content (AvgIpc) is 3.30. The second-order valence-corrected chi connectivity index (χ2v) is 10.4. The molecule has 3 saturated heterocycles. The van der Waals surface area contributed by atoms with E-state index in [-0.39, 0.29) is 24.3 Å². The quantitative estimate of drug-likeness (QED) is 0.472. The Bertz CT molecular complexity index is 720. The summed E-state index contributed by atoms with van der Waals surface area (Å²) in [5, 5.41) is 14.8. The summed E-state index contributed by atoms with van der Waals surface area (Å²) < 4.78 is 6.63. The molecule has 0 saturated carbocycles. The SMILES string of the molecule is CC[C@@]12CCC3(O1)C(C(=O)NC(C)(C)C)N(CCCCCCO)C(=O)[C@@H]3[C@@H]2C(=O)NC. The zero-order chi connectivity index (χ0) is 23.0. The van der Waals surface area contributed by atoms with Crippen LogP contribution in [0.3, 0.4) is 0 Å². The number of ether oxygens (including phenoxy) is 1. The Morgan fingerprint density at radius 3 is 2.42 bits per heavy atom. The van der Waals surface area contributed by atoms with Crippen molar-refractivity contribution in [2.45, 2.75) is 95.4 Å². The molecule has 3 aliphatic heterocycles. The summed E-state index contributed by atoms with van der Waals surface area (Å²) in [5.41, 5.74) is -2.08. The Morgan fingerprint density at radius 1 is 1.16 bits per heavy atom. The third-order valence-corrected chi connectivity index (χ3v) is 7.26. The Labute approximate surface area is 185 Å². The summed E-state index contributed by atoms with van der Waals surface area (Å²) in [6.07, 6.45) is 5.14. The van der Waals surface area contributed by atoms with Gasteiger partial charge < -0.3 is 25.4 Å². The van der Waals surface area contributed by atoms with Crippen molar-refractivity contribution in [3.05, 3.63) is 0 Å². The summed E-state index contributed by atoms with van der Waals surface area (Å²) in [4.78, 5) is 41.8. The molecule has 3 amide bonds. The largest absolute Gasteiger partial charge is 0.396 e. The van der Waals surface area contributed by atoms with Gasteiger partial charge in [-0.3, -0.25) is 14.4 Å². The number of carbonyl (C=O) groups is 3. The number of fused-ring (bicyclic) bond motifs is 1. The molecule has 3 rings (SSSR count). The van der Waals surface area contributed by atoms with Gasteiger partial charge in [0.25, 0.3) is 0 Å². The van der Waals surface area contributed by atoms with E-state index in [4.69, 9.17) is 9.84 Å². The van der Waals surface area contributed by atoms with Gasteiger partial charge in [0, 0.05) is 25.7 Å². The molecule has 0 aromatic carbocycles.